The van der Waals surface area contributed by atoms with Crippen molar-refractivity contribution in [3.05, 3.63) is 71.3 Å². The second kappa shape index (κ2) is 7.65. The number of aryl methyl sites for hydroxylation is 1. The van der Waals surface area contributed by atoms with Gasteiger partial charge >= 0.3 is 0 Å². The quantitative estimate of drug-likeness (QED) is 0.589. The summed E-state index contributed by atoms with van der Waals surface area (Å²) in [5.74, 6) is -1.35. The second-order valence-electron chi connectivity index (χ2n) is 6.86. The van der Waals surface area contributed by atoms with E-state index in [2.05, 4.69) is 0 Å². The van der Waals surface area contributed by atoms with Gasteiger partial charge in [-0.2, -0.15) is 0 Å². The first-order valence-electron chi connectivity index (χ1n) is 8.95. The molecule has 134 valence electrons. The number of amides is 1. The monoisotopic (exact) mass is 349 g/mol. The summed E-state index contributed by atoms with van der Waals surface area (Å²) in [5.41, 5.74) is 2.42. The minimum Gasteiger partial charge on any atom is -0.334 e. The molecule has 1 amide bonds. The van der Waals surface area contributed by atoms with Gasteiger partial charge in [0.2, 0.25) is 5.91 Å². The van der Waals surface area contributed by atoms with E-state index in [9.17, 15) is 14.4 Å². The van der Waals surface area contributed by atoms with Crippen LogP contribution in [0.25, 0.3) is 0 Å². The maximum atomic E-state index is 13.2. The molecule has 1 heterocycles. The van der Waals surface area contributed by atoms with Crippen molar-refractivity contribution in [1.82, 2.24) is 4.90 Å². The van der Waals surface area contributed by atoms with Gasteiger partial charge in [0.05, 0.1) is 6.04 Å². The standard InChI is InChI=1S/C22H23NO3/c1-15-10-12-17(13-11-15)21(23-14-6-9-19(23)25)20(16(2)24)22(26)18-7-4-3-5-8-18/h3-5,7-8,10-13,20-21H,6,9,14H2,1-2H3. The summed E-state index contributed by atoms with van der Waals surface area (Å²) in [6.07, 6.45) is 1.22. The van der Waals surface area contributed by atoms with Crippen LogP contribution < -0.4 is 0 Å². The van der Waals surface area contributed by atoms with Crippen molar-refractivity contribution < 1.29 is 14.4 Å². The molecule has 1 saturated heterocycles. The fourth-order valence-corrected chi connectivity index (χ4v) is 3.61. The summed E-state index contributed by atoms with van der Waals surface area (Å²) in [4.78, 5) is 39.9. The lowest BCUT2D eigenvalue weighted by Crippen LogP contribution is -2.41. The van der Waals surface area contributed by atoms with Crippen LogP contribution >= 0.6 is 0 Å². The van der Waals surface area contributed by atoms with Crippen LogP contribution in [-0.4, -0.2) is 28.9 Å². The molecule has 0 radical (unpaired) electrons. The zero-order chi connectivity index (χ0) is 18.7. The van der Waals surface area contributed by atoms with Gasteiger partial charge < -0.3 is 4.90 Å². The van der Waals surface area contributed by atoms with Gasteiger partial charge in [-0.05, 0) is 25.8 Å². The normalized spacial score (nSPS) is 16.4. The molecule has 2 unspecified atom stereocenters. The van der Waals surface area contributed by atoms with Crippen molar-refractivity contribution in [1.29, 1.82) is 0 Å². The summed E-state index contributed by atoms with van der Waals surface area (Å²) in [7, 11) is 0. The Morgan fingerprint density at radius 3 is 2.19 bits per heavy atom. The van der Waals surface area contributed by atoms with Crippen LogP contribution in [-0.2, 0) is 9.59 Å². The van der Waals surface area contributed by atoms with Gasteiger partial charge in [0, 0.05) is 18.5 Å². The molecule has 0 aliphatic carbocycles. The third kappa shape index (κ3) is 3.59. The SMILES string of the molecule is CC(=O)C(C(=O)c1ccccc1)C(c1ccc(C)cc1)N1CCCC1=O. The summed E-state index contributed by atoms with van der Waals surface area (Å²) in [6.45, 7) is 3.99. The first-order chi connectivity index (χ1) is 12.5. The molecule has 0 saturated carbocycles. The Kier molecular flexibility index (Phi) is 5.31. The predicted octanol–water partition coefficient (Wildman–Crippen LogP) is 3.75. The van der Waals surface area contributed by atoms with Crippen LogP contribution in [0.5, 0.6) is 0 Å². The molecule has 1 aliphatic rings. The lowest BCUT2D eigenvalue weighted by Gasteiger charge is -2.33. The van der Waals surface area contributed by atoms with E-state index in [1.54, 1.807) is 29.2 Å². The molecular formula is C22H23NO3. The van der Waals surface area contributed by atoms with Crippen molar-refractivity contribution in [2.75, 3.05) is 6.54 Å². The average Bonchev–Trinajstić information content (AvgIpc) is 3.06. The molecule has 26 heavy (non-hydrogen) atoms. The molecule has 1 fully saturated rings. The van der Waals surface area contributed by atoms with E-state index in [1.807, 2.05) is 37.3 Å². The van der Waals surface area contributed by atoms with Gasteiger partial charge in [-0.15, -0.1) is 0 Å². The van der Waals surface area contributed by atoms with Gasteiger partial charge in [-0.25, -0.2) is 0 Å². The Labute approximate surface area is 153 Å². The first kappa shape index (κ1) is 18.1. The number of nitrogens with zero attached hydrogens (tertiary/aromatic N) is 1. The number of hydrogen-bond donors (Lipinski definition) is 0. The largest absolute Gasteiger partial charge is 0.334 e. The fraction of sp³-hybridized carbons (Fsp3) is 0.318. The van der Waals surface area contributed by atoms with E-state index in [0.717, 1.165) is 17.5 Å². The van der Waals surface area contributed by atoms with E-state index < -0.39 is 12.0 Å². The lowest BCUT2D eigenvalue weighted by atomic mass is 9.83. The molecule has 0 N–H and O–H groups in total. The topological polar surface area (TPSA) is 54.5 Å². The van der Waals surface area contributed by atoms with Crippen molar-refractivity contribution in [3.8, 4) is 0 Å². The number of carbonyl (C=O) groups excluding carboxylic acids is 3. The molecule has 0 spiro atoms. The van der Waals surface area contributed by atoms with Gasteiger partial charge in [0.25, 0.3) is 0 Å². The van der Waals surface area contributed by atoms with E-state index in [4.69, 9.17) is 0 Å². The van der Waals surface area contributed by atoms with Gasteiger partial charge in [0.15, 0.2) is 5.78 Å². The number of ketones is 2. The smallest absolute Gasteiger partial charge is 0.223 e. The van der Waals surface area contributed by atoms with Crippen LogP contribution in [0.1, 0.15) is 47.3 Å². The molecule has 3 rings (SSSR count). The predicted molar refractivity (Wildman–Crippen MR) is 99.8 cm³/mol. The third-order valence-electron chi connectivity index (χ3n) is 4.96. The third-order valence-corrected chi connectivity index (χ3v) is 4.96. The highest BCUT2D eigenvalue weighted by Gasteiger charge is 2.40. The summed E-state index contributed by atoms with van der Waals surface area (Å²) >= 11 is 0. The maximum Gasteiger partial charge on any atom is 0.223 e. The minimum atomic E-state index is -0.901. The molecule has 2 atom stereocenters. The van der Waals surface area contributed by atoms with Gasteiger partial charge in [-0.3, -0.25) is 14.4 Å². The van der Waals surface area contributed by atoms with E-state index in [1.165, 1.54) is 6.92 Å². The summed E-state index contributed by atoms with van der Waals surface area (Å²) < 4.78 is 0. The molecule has 4 nitrogen and oxygen atoms in total. The van der Waals surface area contributed by atoms with Crippen LogP contribution in [0.3, 0.4) is 0 Å². The zero-order valence-electron chi connectivity index (χ0n) is 15.1. The van der Waals surface area contributed by atoms with Crippen molar-refractivity contribution in [2.45, 2.75) is 32.7 Å². The van der Waals surface area contributed by atoms with E-state index in [-0.39, 0.29) is 17.5 Å². The zero-order valence-corrected chi connectivity index (χ0v) is 15.1. The molecule has 1 aliphatic heterocycles. The van der Waals surface area contributed by atoms with Gasteiger partial charge in [0.1, 0.15) is 11.7 Å². The number of benzene rings is 2. The maximum absolute atomic E-state index is 13.2. The van der Waals surface area contributed by atoms with Crippen LogP contribution in [0.4, 0.5) is 0 Å². The van der Waals surface area contributed by atoms with Gasteiger partial charge in [-0.1, -0.05) is 60.2 Å². The Morgan fingerprint density at radius 1 is 1.00 bits per heavy atom. The van der Waals surface area contributed by atoms with Crippen molar-refractivity contribution in [2.24, 2.45) is 5.92 Å². The minimum absolute atomic E-state index is 0.00249. The Hall–Kier alpha value is -2.75. The number of likely N-dealkylation sites (tertiary alicyclic amines) is 1. The Balaban J connectivity index is 2.07. The van der Waals surface area contributed by atoms with Crippen LogP contribution in [0, 0.1) is 12.8 Å². The summed E-state index contributed by atoms with van der Waals surface area (Å²) in [5, 5.41) is 0. The fourth-order valence-electron chi connectivity index (χ4n) is 3.61. The number of hydrogen-bond acceptors (Lipinski definition) is 3. The number of Topliss-reactive ketones (excluding diaryl/α,β-unsaturated/α-hetero) is 2. The Bertz CT molecular complexity index is 811. The van der Waals surface area contributed by atoms with Crippen molar-refractivity contribution >= 4 is 17.5 Å². The lowest BCUT2D eigenvalue weighted by molar-refractivity contribution is -0.132. The van der Waals surface area contributed by atoms with E-state index >= 15 is 0 Å². The summed E-state index contributed by atoms with van der Waals surface area (Å²) in [6, 6.07) is 16.0. The second-order valence-corrected chi connectivity index (χ2v) is 6.86. The molecule has 4 heteroatoms. The molecule has 0 bridgehead atoms. The molecular weight excluding hydrogens is 326 g/mol. The number of rotatable bonds is 6. The first-order valence-corrected chi connectivity index (χ1v) is 8.95. The number of carbonyl (C=O) groups is 3. The van der Waals surface area contributed by atoms with E-state index in [0.29, 0.717) is 18.5 Å². The highest BCUT2D eigenvalue weighted by atomic mass is 16.2. The highest BCUT2D eigenvalue weighted by Crippen LogP contribution is 2.35. The van der Waals surface area contributed by atoms with Crippen molar-refractivity contribution in [3.63, 3.8) is 0 Å². The van der Waals surface area contributed by atoms with Crippen LogP contribution in [0.2, 0.25) is 0 Å². The highest BCUT2D eigenvalue weighted by molar-refractivity contribution is 6.11. The van der Waals surface area contributed by atoms with Crippen LogP contribution in [0.15, 0.2) is 54.6 Å². The molecule has 0 aromatic heterocycles. The Morgan fingerprint density at radius 2 is 1.65 bits per heavy atom. The average molecular weight is 349 g/mol. The molecule has 2 aromatic rings. The molecule has 2 aromatic carbocycles.